The van der Waals surface area contributed by atoms with Gasteiger partial charge in [0.1, 0.15) is 30.1 Å². The fourth-order valence-corrected chi connectivity index (χ4v) is 10.5. The number of allylic oxidation sites excluding steroid dienone is 6. The van der Waals surface area contributed by atoms with Gasteiger partial charge in [0.2, 0.25) is 5.60 Å². The predicted octanol–water partition coefficient (Wildman–Crippen LogP) is 5.57. The number of hydrogen-bond donors (Lipinski definition) is 4. The summed E-state index contributed by atoms with van der Waals surface area (Å²) in [7, 11) is 4.50. The number of methoxy groups -OCH3 is 3. The molecular weight excluding hydrogens is 835 g/mol. The number of cyclic esters (lactones) is 1. The summed E-state index contributed by atoms with van der Waals surface area (Å²) in [6.45, 7) is 12.6. The average Bonchev–Trinajstić information content (AvgIpc) is 3.28. The lowest BCUT2D eigenvalue weighted by atomic mass is 9.69. The number of piperidine rings is 1. The van der Waals surface area contributed by atoms with Crippen molar-refractivity contribution in [3.63, 3.8) is 0 Å². The Bertz CT molecular complexity index is 1770. The zero-order chi connectivity index (χ0) is 48.3. The van der Waals surface area contributed by atoms with Gasteiger partial charge < -0.3 is 44.3 Å². The second-order valence-corrected chi connectivity index (χ2v) is 19.8. The number of carbonyl (C=O) groups excluding carboxylic acids is 5. The molecule has 14 nitrogen and oxygen atoms in total. The molecule has 0 radical (unpaired) electrons. The Morgan fingerprint density at radius 1 is 0.815 bits per heavy atom. The third-order valence-electron chi connectivity index (χ3n) is 14.7. The van der Waals surface area contributed by atoms with Gasteiger partial charge in [-0.2, -0.15) is 0 Å². The molecule has 0 spiro atoms. The van der Waals surface area contributed by atoms with Gasteiger partial charge in [-0.15, -0.1) is 0 Å². The van der Waals surface area contributed by atoms with Gasteiger partial charge in [-0.25, -0.2) is 4.79 Å². The van der Waals surface area contributed by atoms with Gasteiger partial charge in [0.25, 0.3) is 5.91 Å². The summed E-state index contributed by atoms with van der Waals surface area (Å²) in [5, 5.41) is 44.7. The van der Waals surface area contributed by atoms with E-state index in [-0.39, 0.29) is 67.5 Å². The van der Waals surface area contributed by atoms with Crippen LogP contribution < -0.4 is 0 Å². The van der Waals surface area contributed by atoms with Crippen LogP contribution in [0, 0.1) is 35.5 Å². The van der Waals surface area contributed by atoms with Crippen molar-refractivity contribution in [1.29, 1.82) is 0 Å². The Labute approximate surface area is 386 Å². The number of ketones is 3. The minimum Gasteiger partial charge on any atom is -0.460 e. The van der Waals surface area contributed by atoms with Gasteiger partial charge in [-0.1, -0.05) is 71.1 Å². The third-order valence-corrected chi connectivity index (χ3v) is 14.7. The Balaban J connectivity index is 1.64. The van der Waals surface area contributed by atoms with Crippen LogP contribution in [0.5, 0.6) is 0 Å². The molecule has 0 aromatic rings. The summed E-state index contributed by atoms with van der Waals surface area (Å²) in [6.07, 6.45) is 10.1. The highest BCUT2D eigenvalue weighted by molar-refractivity contribution is 6.16. The molecule has 366 valence electrons. The van der Waals surface area contributed by atoms with Crippen molar-refractivity contribution in [2.75, 3.05) is 21.3 Å². The molecule has 4 aliphatic rings. The van der Waals surface area contributed by atoms with Crippen LogP contribution in [0.2, 0.25) is 0 Å². The van der Waals surface area contributed by atoms with E-state index in [1.54, 1.807) is 48.0 Å². The topological polar surface area (TPSA) is 206 Å². The van der Waals surface area contributed by atoms with E-state index in [4.69, 9.17) is 18.9 Å². The van der Waals surface area contributed by atoms with Crippen LogP contribution in [-0.2, 0) is 42.9 Å². The molecule has 2 unspecified atom stereocenters. The molecule has 2 saturated heterocycles. The van der Waals surface area contributed by atoms with Crippen molar-refractivity contribution < 1.29 is 63.3 Å². The Kier molecular flexibility index (Phi) is 20.5. The standard InChI is InChI=1S/C51H79NO13/c1-29-15-12-11-13-16-30(2)41(62-8)27-37(53)21-19-31(3)48(58)51(61)44-18-14-17-38(52(44)50(51)60)49(59)65-42(33(5)25-36-20-22-39(54)43(26-36)63-9)28-40(55)32(4)24-35(7)46(57)47(64-10)45(56)34(6)23-29/h11-13,15-16,24,29,31-34,36-39,41-44,46-47,53-54,57,61H,14,17-23,25-28H2,1-10H3/b13-11+,15-12+,30-16+,35-24+/t29-,31-,32-,33-,34-,36+,37?,38+,39-,41+,42+,43-,44?,46-,47+,51+/m1/s1. The van der Waals surface area contributed by atoms with E-state index < -0.39 is 89.7 Å². The largest absolute Gasteiger partial charge is 0.460 e. The molecule has 4 rings (SSSR count). The average molecular weight is 914 g/mol. The second-order valence-electron chi connectivity index (χ2n) is 19.8. The lowest BCUT2D eigenvalue weighted by Crippen LogP contribution is -2.81. The van der Waals surface area contributed by atoms with Crippen molar-refractivity contribution in [2.24, 2.45) is 35.5 Å². The fourth-order valence-electron chi connectivity index (χ4n) is 10.5. The molecule has 1 amide bonds. The maximum absolute atomic E-state index is 14.2. The molecule has 0 aromatic heterocycles. The Morgan fingerprint density at radius 3 is 2.18 bits per heavy atom. The van der Waals surface area contributed by atoms with Gasteiger partial charge in [0, 0.05) is 51.9 Å². The van der Waals surface area contributed by atoms with Crippen molar-refractivity contribution in [2.45, 2.75) is 186 Å². The Morgan fingerprint density at radius 2 is 1.52 bits per heavy atom. The van der Waals surface area contributed by atoms with Gasteiger partial charge in [0.15, 0.2) is 11.6 Å². The number of β-lactam (4-membered cyclic amide) rings is 1. The molecule has 3 heterocycles. The first kappa shape index (κ1) is 54.2. The van der Waals surface area contributed by atoms with Crippen molar-refractivity contribution in [1.82, 2.24) is 4.90 Å². The first-order valence-corrected chi connectivity index (χ1v) is 23.9. The van der Waals surface area contributed by atoms with E-state index in [0.29, 0.717) is 44.1 Å². The normalized spacial score (nSPS) is 41.4. The molecule has 16 atom stereocenters. The summed E-state index contributed by atoms with van der Waals surface area (Å²) in [4.78, 5) is 71.0. The summed E-state index contributed by atoms with van der Waals surface area (Å²) in [5.74, 6) is -4.88. The highest BCUT2D eigenvalue weighted by atomic mass is 16.5. The maximum atomic E-state index is 14.2. The summed E-state index contributed by atoms with van der Waals surface area (Å²) < 4.78 is 23.0. The number of Topliss-reactive ketones (excluding diaryl/α,β-unsaturated/α-hetero) is 3. The molecule has 14 heteroatoms. The van der Waals surface area contributed by atoms with Crippen LogP contribution >= 0.6 is 0 Å². The SMILES string of the molecule is CO[C@H]1CC(O)CC[C@@H](C)C(=O)[C@]2(O)C(=O)N3C2CCC[C@H]3C(=O)O[C@H]([C@H](C)C[C@@H]2CC[C@@H](O)[C@H](OC)C2)CC(=O)[C@H](C)/C=C(\C)[C@@H](O)[C@@H](OC)C(=O)[C@H](C)C[C@H](C)/C=C/C=C/C=C/1C. The quantitative estimate of drug-likeness (QED) is 0.112. The number of nitrogens with zero attached hydrogens (tertiary/aromatic N) is 1. The number of hydrogen-bond acceptors (Lipinski definition) is 13. The Hall–Kier alpha value is -3.37. The molecule has 1 aliphatic carbocycles. The van der Waals surface area contributed by atoms with Crippen LogP contribution in [-0.4, -0.2) is 136 Å². The molecular formula is C51H79NO13. The van der Waals surface area contributed by atoms with Crippen molar-refractivity contribution in [3.05, 3.63) is 47.6 Å². The number of ether oxygens (including phenoxy) is 4. The fraction of sp³-hybridized carbons (Fsp3) is 0.745. The van der Waals surface area contributed by atoms with Gasteiger partial charge in [0.05, 0.1) is 30.5 Å². The minimum absolute atomic E-state index is 0.0188. The van der Waals surface area contributed by atoms with Crippen LogP contribution in [0.4, 0.5) is 0 Å². The molecule has 3 aliphatic heterocycles. The molecule has 3 fully saturated rings. The van der Waals surface area contributed by atoms with Crippen LogP contribution in [0.3, 0.4) is 0 Å². The van der Waals surface area contributed by atoms with Crippen molar-refractivity contribution in [3.8, 4) is 0 Å². The van der Waals surface area contributed by atoms with E-state index >= 15 is 0 Å². The number of rotatable bonds is 6. The zero-order valence-electron chi connectivity index (χ0n) is 40.5. The number of fused-ring (bicyclic) bond motifs is 2. The van der Waals surface area contributed by atoms with E-state index in [1.807, 2.05) is 51.2 Å². The zero-order valence-corrected chi connectivity index (χ0v) is 40.5. The monoisotopic (exact) mass is 914 g/mol. The molecule has 4 N–H and O–H groups in total. The van der Waals surface area contributed by atoms with Crippen molar-refractivity contribution >= 4 is 29.2 Å². The molecule has 0 aromatic carbocycles. The number of aliphatic hydroxyl groups excluding tert-OH is 3. The van der Waals surface area contributed by atoms with E-state index in [2.05, 4.69) is 0 Å². The maximum Gasteiger partial charge on any atom is 0.329 e. The minimum atomic E-state index is -2.31. The lowest BCUT2D eigenvalue weighted by molar-refractivity contribution is -0.211. The van der Waals surface area contributed by atoms with Gasteiger partial charge in [-0.3, -0.25) is 19.2 Å². The predicted molar refractivity (Wildman–Crippen MR) is 245 cm³/mol. The number of aliphatic hydroxyl groups is 4. The number of carbonyl (C=O) groups is 5. The number of amides is 1. The summed E-state index contributed by atoms with van der Waals surface area (Å²) in [6, 6.07) is -2.00. The first-order chi connectivity index (χ1) is 30.7. The second kappa shape index (κ2) is 24.6. The van der Waals surface area contributed by atoms with Gasteiger partial charge >= 0.3 is 5.97 Å². The van der Waals surface area contributed by atoms with Crippen LogP contribution in [0.1, 0.15) is 126 Å². The third kappa shape index (κ3) is 13.4. The lowest BCUT2D eigenvalue weighted by Gasteiger charge is -2.57. The highest BCUT2D eigenvalue weighted by Gasteiger charge is 2.68. The van der Waals surface area contributed by atoms with E-state index in [9.17, 15) is 44.4 Å². The van der Waals surface area contributed by atoms with Crippen LogP contribution in [0.25, 0.3) is 0 Å². The number of esters is 1. The van der Waals surface area contributed by atoms with Gasteiger partial charge in [-0.05, 0) is 107 Å². The molecule has 2 bridgehead atoms. The summed E-state index contributed by atoms with van der Waals surface area (Å²) in [5.41, 5.74) is -1.05. The highest BCUT2D eigenvalue weighted by Crippen LogP contribution is 2.44. The first-order valence-electron chi connectivity index (χ1n) is 23.9. The van der Waals surface area contributed by atoms with Crippen LogP contribution in [0.15, 0.2) is 47.6 Å². The smallest absolute Gasteiger partial charge is 0.329 e. The molecule has 1 saturated carbocycles. The summed E-state index contributed by atoms with van der Waals surface area (Å²) >= 11 is 0. The van der Waals surface area contributed by atoms with E-state index in [0.717, 1.165) is 12.0 Å². The van der Waals surface area contributed by atoms with E-state index in [1.165, 1.54) is 12.0 Å². The molecule has 65 heavy (non-hydrogen) atoms.